The Hall–Kier alpha value is -2.60. The van der Waals surface area contributed by atoms with Crippen LogP contribution in [0.5, 0.6) is 0 Å². The van der Waals surface area contributed by atoms with Crippen LogP contribution in [0.3, 0.4) is 0 Å². The van der Waals surface area contributed by atoms with Gasteiger partial charge in [-0.3, -0.25) is 4.99 Å². The standard InChI is InChI=1S/C23H25N3/c1-16-11-12-22-19(13-16)20(14-24)23(26(22)18-8-6-9-18)21-10-5-3-4-7-17(2)15-25-21/h4,7,11-13,15,18H,3,5-6,8-10H2,1-2H3/b7-4-,17-15-,25-21?. The summed E-state index contributed by atoms with van der Waals surface area (Å²) in [6.45, 7) is 4.18. The summed E-state index contributed by atoms with van der Waals surface area (Å²) in [5.41, 5.74) is 6.46. The zero-order valence-electron chi connectivity index (χ0n) is 15.6. The molecule has 3 nitrogen and oxygen atoms in total. The van der Waals surface area contributed by atoms with Gasteiger partial charge in [-0.15, -0.1) is 0 Å². The van der Waals surface area contributed by atoms with Crippen molar-refractivity contribution in [3.63, 3.8) is 0 Å². The predicted molar refractivity (Wildman–Crippen MR) is 108 cm³/mol. The fraction of sp³-hybridized carbons (Fsp3) is 0.391. The minimum Gasteiger partial charge on any atom is -0.335 e. The maximum atomic E-state index is 10.0. The number of rotatable bonds is 2. The highest BCUT2D eigenvalue weighted by atomic mass is 15.1. The highest BCUT2D eigenvalue weighted by Gasteiger charge is 2.28. The molecule has 2 aromatic rings. The first kappa shape index (κ1) is 16.8. The van der Waals surface area contributed by atoms with Gasteiger partial charge in [0.1, 0.15) is 6.07 Å². The molecule has 1 aromatic heterocycles. The molecule has 26 heavy (non-hydrogen) atoms. The molecule has 0 spiro atoms. The van der Waals surface area contributed by atoms with Crippen molar-refractivity contribution < 1.29 is 0 Å². The van der Waals surface area contributed by atoms with Gasteiger partial charge < -0.3 is 4.57 Å². The molecule has 0 N–H and O–H groups in total. The first-order valence-corrected chi connectivity index (χ1v) is 9.64. The van der Waals surface area contributed by atoms with E-state index in [0.29, 0.717) is 6.04 Å². The van der Waals surface area contributed by atoms with E-state index in [-0.39, 0.29) is 0 Å². The average molecular weight is 343 g/mol. The molecule has 0 saturated heterocycles. The predicted octanol–water partition coefficient (Wildman–Crippen LogP) is 5.98. The molecule has 1 aliphatic carbocycles. The van der Waals surface area contributed by atoms with E-state index >= 15 is 0 Å². The minimum absolute atomic E-state index is 0.496. The van der Waals surface area contributed by atoms with Crippen LogP contribution >= 0.6 is 0 Å². The van der Waals surface area contributed by atoms with Crippen LogP contribution in [0.4, 0.5) is 0 Å². The Balaban J connectivity index is 1.98. The number of fused-ring (bicyclic) bond motifs is 1. The molecule has 0 atom stereocenters. The largest absolute Gasteiger partial charge is 0.335 e. The van der Waals surface area contributed by atoms with E-state index in [4.69, 9.17) is 4.99 Å². The second-order valence-electron chi connectivity index (χ2n) is 7.55. The van der Waals surface area contributed by atoms with Gasteiger partial charge in [0.15, 0.2) is 0 Å². The number of allylic oxidation sites excluding steroid dienone is 3. The van der Waals surface area contributed by atoms with Gasteiger partial charge >= 0.3 is 0 Å². The Labute approximate surface area is 155 Å². The second kappa shape index (κ2) is 6.96. The quantitative estimate of drug-likeness (QED) is 0.661. The smallest absolute Gasteiger partial charge is 0.102 e. The summed E-state index contributed by atoms with van der Waals surface area (Å²) in [6.07, 6.45) is 13.0. The lowest BCUT2D eigenvalue weighted by molar-refractivity contribution is 0.320. The summed E-state index contributed by atoms with van der Waals surface area (Å²) in [6, 6.07) is 9.51. The molecule has 1 saturated carbocycles. The van der Waals surface area contributed by atoms with Crippen molar-refractivity contribution >= 4 is 16.6 Å². The normalized spacial score (nSPS) is 21.6. The van der Waals surface area contributed by atoms with Gasteiger partial charge in [-0.1, -0.05) is 23.8 Å². The van der Waals surface area contributed by atoms with E-state index in [0.717, 1.165) is 47.2 Å². The zero-order chi connectivity index (χ0) is 18.1. The SMILES string of the molecule is CC1=C/N=C(c2c(C#N)c3cc(C)ccc3n2C2CCC2)CCC/C=C\1. The van der Waals surface area contributed by atoms with E-state index in [1.807, 2.05) is 6.20 Å². The van der Waals surface area contributed by atoms with Crippen LogP contribution in [0, 0.1) is 18.3 Å². The van der Waals surface area contributed by atoms with Gasteiger partial charge in [0.05, 0.1) is 22.5 Å². The molecule has 1 aromatic carbocycles. The lowest BCUT2D eigenvalue weighted by Crippen LogP contribution is -2.22. The Morgan fingerprint density at radius 2 is 2.04 bits per heavy atom. The summed E-state index contributed by atoms with van der Waals surface area (Å²) in [5.74, 6) is 0. The summed E-state index contributed by atoms with van der Waals surface area (Å²) >= 11 is 0. The number of aliphatic imine (C=N–C) groups is 1. The van der Waals surface area contributed by atoms with Crippen molar-refractivity contribution in [1.29, 1.82) is 5.26 Å². The number of aromatic nitrogens is 1. The van der Waals surface area contributed by atoms with E-state index in [9.17, 15) is 5.26 Å². The van der Waals surface area contributed by atoms with Crippen LogP contribution in [0.15, 0.2) is 47.1 Å². The number of hydrogen-bond donors (Lipinski definition) is 0. The Morgan fingerprint density at radius 1 is 1.19 bits per heavy atom. The van der Waals surface area contributed by atoms with E-state index in [2.05, 4.69) is 54.8 Å². The summed E-state index contributed by atoms with van der Waals surface area (Å²) in [7, 11) is 0. The van der Waals surface area contributed by atoms with Gasteiger partial charge in [-0.2, -0.15) is 5.26 Å². The number of nitriles is 1. The van der Waals surface area contributed by atoms with E-state index < -0.39 is 0 Å². The Morgan fingerprint density at radius 3 is 2.77 bits per heavy atom. The molecule has 1 aliphatic heterocycles. The highest BCUT2D eigenvalue weighted by Crippen LogP contribution is 2.39. The van der Waals surface area contributed by atoms with Crippen molar-refractivity contribution in [2.75, 3.05) is 0 Å². The number of aryl methyl sites for hydroxylation is 1. The Kier molecular flexibility index (Phi) is 4.51. The molecule has 0 radical (unpaired) electrons. The molecule has 0 unspecified atom stereocenters. The number of nitrogens with zero attached hydrogens (tertiary/aromatic N) is 3. The van der Waals surface area contributed by atoms with Crippen LogP contribution in [-0.4, -0.2) is 10.3 Å². The van der Waals surface area contributed by atoms with Crippen LogP contribution in [0.1, 0.15) is 68.3 Å². The molecule has 2 heterocycles. The first-order chi connectivity index (χ1) is 12.7. The highest BCUT2D eigenvalue weighted by molar-refractivity contribution is 6.07. The molecular weight excluding hydrogens is 318 g/mol. The van der Waals surface area contributed by atoms with Gasteiger partial charge in [0.25, 0.3) is 0 Å². The zero-order valence-corrected chi connectivity index (χ0v) is 15.6. The van der Waals surface area contributed by atoms with Crippen molar-refractivity contribution in [3.8, 4) is 6.07 Å². The molecule has 0 amide bonds. The topological polar surface area (TPSA) is 41.1 Å². The van der Waals surface area contributed by atoms with Crippen LogP contribution in [-0.2, 0) is 0 Å². The lowest BCUT2D eigenvalue weighted by Gasteiger charge is -2.30. The van der Waals surface area contributed by atoms with Crippen molar-refractivity contribution in [2.24, 2.45) is 4.99 Å². The van der Waals surface area contributed by atoms with Crippen LogP contribution in [0.2, 0.25) is 0 Å². The third kappa shape index (κ3) is 2.90. The fourth-order valence-corrected chi connectivity index (χ4v) is 3.97. The van der Waals surface area contributed by atoms with Gasteiger partial charge in [-0.05, 0) is 70.1 Å². The average Bonchev–Trinajstić information content (AvgIpc) is 2.93. The maximum Gasteiger partial charge on any atom is 0.102 e. The monoisotopic (exact) mass is 343 g/mol. The number of hydrogen-bond acceptors (Lipinski definition) is 2. The van der Waals surface area contributed by atoms with Crippen LogP contribution in [0.25, 0.3) is 10.9 Å². The van der Waals surface area contributed by atoms with E-state index in [1.54, 1.807) is 0 Å². The number of benzene rings is 1. The molecule has 4 rings (SSSR count). The van der Waals surface area contributed by atoms with Gasteiger partial charge in [0, 0.05) is 17.6 Å². The minimum atomic E-state index is 0.496. The van der Waals surface area contributed by atoms with E-state index in [1.165, 1.54) is 30.3 Å². The van der Waals surface area contributed by atoms with Gasteiger partial charge in [0.2, 0.25) is 0 Å². The molecular formula is C23H25N3. The summed E-state index contributed by atoms with van der Waals surface area (Å²) in [5, 5.41) is 11.1. The maximum absolute atomic E-state index is 10.0. The van der Waals surface area contributed by atoms with Crippen molar-refractivity contribution in [1.82, 2.24) is 4.57 Å². The van der Waals surface area contributed by atoms with Crippen molar-refractivity contribution in [3.05, 3.63) is 58.9 Å². The van der Waals surface area contributed by atoms with Crippen LogP contribution < -0.4 is 0 Å². The Bertz CT molecular complexity index is 975. The third-order valence-corrected chi connectivity index (χ3v) is 5.57. The third-order valence-electron chi connectivity index (χ3n) is 5.57. The molecule has 2 aliphatic rings. The molecule has 0 bridgehead atoms. The molecule has 3 heteroatoms. The summed E-state index contributed by atoms with van der Waals surface area (Å²) in [4.78, 5) is 4.85. The van der Waals surface area contributed by atoms with Crippen molar-refractivity contribution in [2.45, 2.75) is 58.4 Å². The van der Waals surface area contributed by atoms with Gasteiger partial charge in [-0.25, -0.2) is 0 Å². The lowest BCUT2D eigenvalue weighted by atomic mass is 9.92. The fourth-order valence-electron chi connectivity index (χ4n) is 3.97. The molecule has 132 valence electrons. The summed E-state index contributed by atoms with van der Waals surface area (Å²) < 4.78 is 2.42. The second-order valence-corrected chi connectivity index (χ2v) is 7.55. The first-order valence-electron chi connectivity index (χ1n) is 9.64. The molecule has 1 fully saturated rings.